The molecule has 0 bridgehead atoms. The van der Waals surface area contributed by atoms with Crippen molar-refractivity contribution < 1.29 is 15.0 Å². The number of nitrogens with zero attached hydrogens (tertiary/aromatic N) is 2. The average molecular weight is 266 g/mol. The van der Waals surface area contributed by atoms with Crippen LogP contribution in [-0.4, -0.2) is 52.7 Å². The molecule has 0 radical (unpaired) electrons. The largest absolute Gasteiger partial charge is 0.508 e. The van der Waals surface area contributed by atoms with Crippen LogP contribution in [0.2, 0.25) is 0 Å². The zero-order valence-corrected chi connectivity index (χ0v) is 11.7. The van der Waals surface area contributed by atoms with Crippen LogP contribution in [0.3, 0.4) is 0 Å². The van der Waals surface area contributed by atoms with Gasteiger partial charge >= 0.3 is 6.03 Å². The molecular formula is C14H22N2O3. The lowest BCUT2D eigenvalue weighted by Crippen LogP contribution is -2.42. The standard InChI is InChI=1S/C14H22N2O3/c1-4-16(5-2)14(19)15(3)10-13(18)11-7-6-8-12(17)9-11/h6-9,13,17-18H,4-5,10H2,1-3H3. The van der Waals surface area contributed by atoms with Crippen LogP contribution in [0.5, 0.6) is 5.75 Å². The molecule has 1 rings (SSSR count). The number of rotatable bonds is 5. The lowest BCUT2D eigenvalue weighted by atomic mass is 10.1. The first kappa shape index (κ1) is 15.3. The van der Waals surface area contributed by atoms with Gasteiger partial charge in [-0.3, -0.25) is 0 Å². The first-order valence-electron chi connectivity index (χ1n) is 6.46. The summed E-state index contributed by atoms with van der Waals surface area (Å²) in [5, 5.41) is 19.4. The number of hydrogen-bond donors (Lipinski definition) is 2. The van der Waals surface area contributed by atoms with Gasteiger partial charge in [-0.2, -0.15) is 0 Å². The van der Waals surface area contributed by atoms with Crippen LogP contribution in [0.4, 0.5) is 4.79 Å². The Morgan fingerprint density at radius 1 is 1.32 bits per heavy atom. The zero-order valence-electron chi connectivity index (χ0n) is 11.7. The Morgan fingerprint density at radius 3 is 2.47 bits per heavy atom. The molecule has 1 aromatic carbocycles. The molecule has 5 nitrogen and oxygen atoms in total. The minimum Gasteiger partial charge on any atom is -0.508 e. The molecule has 0 aliphatic carbocycles. The summed E-state index contributed by atoms with van der Waals surface area (Å²) in [7, 11) is 1.66. The van der Waals surface area contributed by atoms with Crippen molar-refractivity contribution in [3.05, 3.63) is 29.8 Å². The number of carbonyl (C=O) groups excluding carboxylic acids is 1. The van der Waals surface area contributed by atoms with Crippen LogP contribution >= 0.6 is 0 Å². The fraction of sp³-hybridized carbons (Fsp3) is 0.500. The van der Waals surface area contributed by atoms with E-state index < -0.39 is 6.10 Å². The van der Waals surface area contributed by atoms with Gasteiger partial charge in [-0.25, -0.2) is 4.79 Å². The van der Waals surface area contributed by atoms with Crippen molar-refractivity contribution in [1.82, 2.24) is 9.80 Å². The molecule has 0 fully saturated rings. The van der Waals surface area contributed by atoms with Crippen molar-refractivity contribution in [2.45, 2.75) is 20.0 Å². The highest BCUT2D eigenvalue weighted by Crippen LogP contribution is 2.19. The molecule has 2 amide bonds. The number of urea groups is 1. The minimum atomic E-state index is -0.809. The molecule has 2 N–H and O–H groups in total. The summed E-state index contributed by atoms with van der Waals surface area (Å²) in [6.45, 7) is 5.31. The molecule has 1 aromatic rings. The number of hydrogen-bond acceptors (Lipinski definition) is 3. The van der Waals surface area contributed by atoms with Crippen molar-refractivity contribution in [2.24, 2.45) is 0 Å². The highest BCUT2D eigenvalue weighted by atomic mass is 16.3. The van der Waals surface area contributed by atoms with E-state index in [-0.39, 0.29) is 18.3 Å². The number of phenolic OH excluding ortho intramolecular Hbond substituents is 1. The van der Waals surface area contributed by atoms with Crippen LogP contribution in [0.25, 0.3) is 0 Å². The lowest BCUT2D eigenvalue weighted by Gasteiger charge is -2.27. The summed E-state index contributed by atoms with van der Waals surface area (Å²) in [4.78, 5) is 15.2. The smallest absolute Gasteiger partial charge is 0.319 e. The van der Waals surface area contributed by atoms with Gasteiger partial charge in [0.2, 0.25) is 0 Å². The summed E-state index contributed by atoms with van der Waals surface area (Å²) in [5.41, 5.74) is 0.596. The number of benzene rings is 1. The van der Waals surface area contributed by atoms with E-state index in [0.717, 1.165) is 0 Å². The third-order valence-electron chi connectivity index (χ3n) is 3.06. The molecule has 1 unspecified atom stereocenters. The highest BCUT2D eigenvalue weighted by molar-refractivity contribution is 5.74. The molecule has 5 heteroatoms. The van der Waals surface area contributed by atoms with Gasteiger partial charge in [-0.1, -0.05) is 12.1 Å². The fourth-order valence-corrected chi connectivity index (χ4v) is 1.91. The second-order valence-electron chi connectivity index (χ2n) is 4.45. The van der Waals surface area contributed by atoms with E-state index in [2.05, 4.69) is 0 Å². The third-order valence-corrected chi connectivity index (χ3v) is 3.06. The Kier molecular flexibility index (Phi) is 5.63. The number of phenols is 1. The van der Waals surface area contributed by atoms with Crippen molar-refractivity contribution in [3.63, 3.8) is 0 Å². The van der Waals surface area contributed by atoms with Gasteiger partial charge < -0.3 is 20.0 Å². The van der Waals surface area contributed by atoms with Gasteiger partial charge in [0.25, 0.3) is 0 Å². The van der Waals surface area contributed by atoms with Crippen LogP contribution in [0.15, 0.2) is 24.3 Å². The Labute approximate surface area is 114 Å². The Balaban J connectivity index is 2.66. The average Bonchev–Trinajstić information content (AvgIpc) is 2.39. The van der Waals surface area contributed by atoms with E-state index in [1.807, 2.05) is 13.8 Å². The quantitative estimate of drug-likeness (QED) is 0.854. The van der Waals surface area contributed by atoms with Crippen LogP contribution in [-0.2, 0) is 0 Å². The molecule has 0 aliphatic rings. The molecule has 0 aromatic heterocycles. The number of amides is 2. The second-order valence-corrected chi connectivity index (χ2v) is 4.45. The minimum absolute atomic E-state index is 0.106. The van der Waals surface area contributed by atoms with Gasteiger partial charge in [-0.15, -0.1) is 0 Å². The van der Waals surface area contributed by atoms with Crippen molar-refractivity contribution in [3.8, 4) is 5.75 Å². The maximum absolute atomic E-state index is 12.0. The molecule has 0 aliphatic heterocycles. The van der Waals surface area contributed by atoms with Crippen LogP contribution in [0.1, 0.15) is 25.5 Å². The molecule has 0 heterocycles. The van der Waals surface area contributed by atoms with Gasteiger partial charge in [0.05, 0.1) is 12.6 Å². The molecule has 0 saturated heterocycles. The lowest BCUT2D eigenvalue weighted by molar-refractivity contribution is 0.115. The van der Waals surface area contributed by atoms with E-state index in [4.69, 9.17) is 0 Å². The van der Waals surface area contributed by atoms with Gasteiger partial charge in [0.15, 0.2) is 0 Å². The predicted octanol–water partition coefficient (Wildman–Crippen LogP) is 1.82. The highest BCUT2D eigenvalue weighted by Gasteiger charge is 2.18. The number of likely N-dealkylation sites (N-methyl/N-ethyl adjacent to an activating group) is 1. The van der Waals surface area contributed by atoms with E-state index >= 15 is 0 Å². The van der Waals surface area contributed by atoms with Crippen LogP contribution < -0.4 is 0 Å². The summed E-state index contributed by atoms with van der Waals surface area (Å²) < 4.78 is 0. The third kappa shape index (κ3) is 4.13. The van der Waals surface area contributed by atoms with Crippen molar-refractivity contribution in [1.29, 1.82) is 0 Å². The van der Waals surface area contributed by atoms with E-state index in [0.29, 0.717) is 18.7 Å². The Morgan fingerprint density at radius 2 is 1.95 bits per heavy atom. The Hall–Kier alpha value is -1.75. The SMILES string of the molecule is CCN(CC)C(=O)N(C)CC(O)c1cccc(O)c1. The van der Waals surface area contributed by atoms with Crippen molar-refractivity contribution in [2.75, 3.05) is 26.7 Å². The van der Waals surface area contributed by atoms with Gasteiger partial charge in [0.1, 0.15) is 5.75 Å². The molecule has 0 saturated carbocycles. The molecular weight excluding hydrogens is 244 g/mol. The fourth-order valence-electron chi connectivity index (χ4n) is 1.91. The molecule has 19 heavy (non-hydrogen) atoms. The number of aliphatic hydroxyl groups is 1. The monoisotopic (exact) mass is 266 g/mol. The van der Waals surface area contributed by atoms with E-state index in [9.17, 15) is 15.0 Å². The van der Waals surface area contributed by atoms with Gasteiger partial charge in [-0.05, 0) is 31.5 Å². The maximum atomic E-state index is 12.0. The zero-order chi connectivity index (χ0) is 14.4. The molecule has 0 spiro atoms. The molecule has 106 valence electrons. The summed E-state index contributed by atoms with van der Waals surface area (Å²) in [6.07, 6.45) is -0.809. The van der Waals surface area contributed by atoms with E-state index in [1.165, 1.54) is 11.0 Å². The van der Waals surface area contributed by atoms with Crippen molar-refractivity contribution >= 4 is 6.03 Å². The van der Waals surface area contributed by atoms with E-state index in [1.54, 1.807) is 30.1 Å². The van der Waals surface area contributed by atoms with Gasteiger partial charge in [0, 0.05) is 20.1 Å². The second kappa shape index (κ2) is 6.99. The topological polar surface area (TPSA) is 64.0 Å². The Bertz CT molecular complexity index is 419. The first-order chi connectivity index (χ1) is 8.99. The molecule has 1 atom stereocenters. The van der Waals surface area contributed by atoms with Crippen LogP contribution in [0, 0.1) is 0 Å². The predicted molar refractivity (Wildman–Crippen MR) is 74.0 cm³/mol. The normalized spacial score (nSPS) is 12.0. The number of carbonyl (C=O) groups is 1. The number of aliphatic hydroxyl groups excluding tert-OH is 1. The number of aromatic hydroxyl groups is 1. The summed E-state index contributed by atoms with van der Waals surface area (Å²) >= 11 is 0. The maximum Gasteiger partial charge on any atom is 0.319 e. The summed E-state index contributed by atoms with van der Waals surface area (Å²) in [5.74, 6) is 0.106. The first-order valence-corrected chi connectivity index (χ1v) is 6.46. The summed E-state index contributed by atoms with van der Waals surface area (Å²) in [6, 6.07) is 6.32.